The highest BCUT2D eigenvalue weighted by Gasteiger charge is 2.29. The maximum Gasteiger partial charge on any atom is 0.388 e. The minimum Gasteiger partial charge on any atom is -0.417 e. The van der Waals surface area contributed by atoms with Crippen LogP contribution in [0, 0.1) is 11.6 Å². The highest BCUT2D eigenvalue weighted by atomic mass is 35.5. The molecular formula is C28H22ClF4N7O3S. The van der Waals surface area contributed by atoms with Crippen molar-refractivity contribution in [3.63, 3.8) is 0 Å². The molecule has 0 saturated carbocycles. The van der Waals surface area contributed by atoms with E-state index in [-0.39, 0.29) is 10.8 Å². The van der Waals surface area contributed by atoms with Crippen LogP contribution in [0.3, 0.4) is 0 Å². The third-order valence-electron chi connectivity index (χ3n) is 7.05. The number of piperidine rings is 1. The molecule has 10 nitrogen and oxygen atoms in total. The molecule has 1 saturated heterocycles. The summed E-state index contributed by atoms with van der Waals surface area (Å²) in [4.78, 5) is 19.4. The van der Waals surface area contributed by atoms with Crippen molar-refractivity contribution in [2.24, 2.45) is 0 Å². The van der Waals surface area contributed by atoms with E-state index in [4.69, 9.17) is 16.6 Å². The zero-order valence-electron chi connectivity index (χ0n) is 22.5. The van der Waals surface area contributed by atoms with Crippen LogP contribution in [0.2, 0.25) is 5.02 Å². The molecule has 1 fully saturated rings. The molecule has 0 radical (unpaired) electrons. The Bertz CT molecular complexity index is 1940. The van der Waals surface area contributed by atoms with E-state index in [0.717, 1.165) is 12.1 Å². The van der Waals surface area contributed by atoms with Gasteiger partial charge in [0.15, 0.2) is 28.6 Å². The monoisotopic (exact) mass is 647 g/mol. The second kappa shape index (κ2) is 12.0. The van der Waals surface area contributed by atoms with Gasteiger partial charge in [0.2, 0.25) is 15.9 Å². The predicted molar refractivity (Wildman–Crippen MR) is 153 cm³/mol. The number of imidazole rings is 1. The Labute approximate surface area is 253 Å². The molecule has 0 bridgehead atoms. The van der Waals surface area contributed by atoms with E-state index < -0.39 is 34.3 Å². The van der Waals surface area contributed by atoms with Crippen molar-refractivity contribution in [3.05, 3.63) is 83.8 Å². The molecule has 0 unspecified atom stereocenters. The first-order chi connectivity index (χ1) is 21.1. The highest BCUT2D eigenvalue weighted by molar-refractivity contribution is 7.89. The van der Waals surface area contributed by atoms with Crippen molar-refractivity contribution in [1.82, 2.24) is 29.2 Å². The lowest BCUT2D eigenvalue weighted by atomic mass is 10.1. The van der Waals surface area contributed by atoms with Gasteiger partial charge in [-0.05, 0) is 49.2 Å². The second-order valence-corrected chi connectivity index (χ2v) is 11.9. The first-order valence-corrected chi connectivity index (χ1v) is 15.1. The van der Waals surface area contributed by atoms with Gasteiger partial charge in [0.25, 0.3) is 0 Å². The second-order valence-electron chi connectivity index (χ2n) is 9.81. The van der Waals surface area contributed by atoms with E-state index in [0.29, 0.717) is 71.1 Å². The highest BCUT2D eigenvalue weighted by Crippen LogP contribution is 2.35. The van der Waals surface area contributed by atoms with Gasteiger partial charge >= 0.3 is 6.61 Å². The Morgan fingerprint density at radius 2 is 1.75 bits per heavy atom. The van der Waals surface area contributed by atoms with E-state index >= 15 is 0 Å². The van der Waals surface area contributed by atoms with Crippen molar-refractivity contribution in [1.29, 1.82) is 0 Å². The van der Waals surface area contributed by atoms with Gasteiger partial charge in [0, 0.05) is 30.8 Å². The normalized spacial score (nSPS) is 14.5. The number of sulfonamides is 1. The van der Waals surface area contributed by atoms with Crippen LogP contribution >= 0.6 is 11.6 Å². The smallest absolute Gasteiger partial charge is 0.388 e. The van der Waals surface area contributed by atoms with Gasteiger partial charge in [-0.2, -0.15) is 8.78 Å². The molecule has 1 aliphatic heterocycles. The van der Waals surface area contributed by atoms with Crippen LogP contribution in [-0.4, -0.2) is 58.7 Å². The van der Waals surface area contributed by atoms with Gasteiger partial charge in [-0.15, -0.1) is 0 Å². The summed E-state index contributed by atoms with van der Waals surface area (Å²) in [7, 11) is -4.08. The van der Waals surface area contributed by atoms with Gasteiger partial charge in [0.1, 0.15) is 12.2 Å². The number of anilines is 1. The number of fused-ring (bicyclic) bond motifs is 1. The average molecular weight is 648 g/mol. The summed E-state index contributed by atoms with van der Waals surface area (Å²) < 4.78 is 86.6. The fourth-order valence-electron chi connectivity index (χ4n) is 4.99. The van der Waals surface area contributed by atoms with E-state index in [9.17, 15) is 26.0 Å². The molecule has 2 aromatic carbocycles. The molecule has 228 valence electrons. The molecule has 6 rings (SSSR count). The minimum atomic E-state index is -4.08. The number of hydrogen-bond acceptors (Lipinski definition) is 8. The summed E-state index contributed by atoms with van der Waals surface area (Å²) >= 11 is 6.53. The van der Waals surface area contributed by atoms with E-state index in [1.54, 1.807) is 34.9 Å². The lowest BCUT2D eigenvalue weighted by Crippen LogP contribution is -2.45. The fraction of sp³-hybridized carbons (Fsp3) is 0.214. The standard InChI is InChI=1S/C28H22ClF4N7O3S/c29-20-4-2-1-3-19(20)25-37-24-26(35-15-36-27(24)40(25)17-5-8-23(34-14-17)43-28(32)33)39-11-9-16(10-12-39)38-44(41,42)18-6-7-21(30)22(31)13-18/h1-8,13-16,28,38H,9-12H2. The molecule has 16 heteroatoms. The largest absolute Gasteiger partial charge is 0.417 e. The van der Waals surface area contributed by atoms with E-state index in [2.05, 4.69) is 24.4 Å². The number of pyridine rings is 1. The topological polar surface area (TPSA) is 115 Å². The summed E-state index contributed by atoms with van der Waals surface area (Å²) in [5, 5.41) is 0.415. The molecular weight excluding hydrogens is 626 g/mol. The quantitative estimate of drug-likeness (QED) is 0.224. The zero-order chi connectivity index (χ0) is 31.0. The van der Waals surface area contributed by atoms with Crippen molar-refractivity contribution in [2.45, 2.75) is 30.4 Å². The van der Waals surface area contributed by atoms with Crippen LogP contribution in [0.5, 0.6) is 5.88 Å². The summed E-state index contributed by atoms with van der Waals surface area (Å²) in [5.74, 6) is -1.74. The predicted octanol–water partition coefficient (Wildman–Crippen LogP) is 5.36. The molecule has 5 aromatic rings. The number of nitrogens with zero attached hydrogens (tertiary/aromatic N) is 6. The van der Waals surface area contributed by atoms with Gasteiger partial charge in [-0.25, -0.2) is 41.9 Å². The lowest BCUT2D eigenvalue weighted by Gasteiger charge is -2.33. The Morgan fingerprint density at radius 3 is 2.43 bits per heavy atom. The van der Waals surface area contributed by atoms with Gasteiger partial charge < -0.3 is 9.64 Å². The van der Waals surface area contributed by atoms with Crippen LogP contribution in [0.15, 0.2) is 72.0 Å². The Morgan fingerprint density at radius 1 is 0.977 bits per heavy atom. The molecule has 1 aliphatic rings. The maximum absolute atomic E-state index is 13.6. The third-order valence-corrected chi connectivity index (χ3v) is 8.89. The van der Waals surface area contributed by atoms with Crippen molar-refractivity contribution in [3.8, 4) is 23.0 Å². The fourth-order valence-corrected chi connectivity index (χ4v) is 6.52. The molecule has 44 heavy (non-hydrogen) atoms. The molecule has 0 amide bonds. The number of benzene rings is 2. The van der Waals surface area contributed by atoms with Gasteiger partial charge in [-0.3, -0.25) is 4.57 Å². The molecule has 3 aromatic heterocycles. The van der Waals surface area contributed by atoms with Crippen molar-refractivity contribution >= 4 is 38.6 Å². The van der Waals surface area contributed by atoms with Crippen LogP contribution in [-0.2, 0) is 10.0 Å². The van der Waals surface area contributed by atoms with Crippen molar-refractivity contribution < 1.29 is 30.7 Å². The summed E-state index contributed by atoms with van der Waals surface area (Å²) in [6.07, 6.45) is 3.50. The first kappa shape index (κ1) is 29.7. The molecule has 0 spiro atoms. The Kier molecular flexibility index (Phi) is 8.09. The number of nitrogens with one attached hydrogen (secondary N) is 1. The molecule has 1 N–H and O–H groups in total. The number of aromatic nitrogens is 5. The van der Waals surface area contributed by atoms with Crippen molar-refractivity contribution in [2.75, 3.05) is 18.0 Å². The van der Waals surface area contributed by atoms with Crippen LogP contribution < -0.4 is 14.4 Å². The summed E-state index contributed by atoms with van der Waals surface area (Å²) in [6.45, 7) is -2.24. The minimum absolute atomic E-state index is 0.258. The summed E-state index contributed by atoms with van der Waals surface area (Å²) in [6, 6.07) is 11.9. The Hall–Kier alpha value is -4.34. The average Bonchev–Trinajstić information content (AvgIpc) is 3.38. The number of alkyl halides is 2. The SMILES string of the molecule is O=S(=O)(NC1CCN(c2ncnc3c2nc(-c2ccccc2Cl)n3-c2ccc(OC(F)F)nc2)CC1)c1ccc(F)c(F)c1. The van der Waals surface area contributed by atoms with Crippen LogP contribution in [0.1, 0.15) is 12.8 Å². The van der Waals surface area contributed by atoms with Crippen LogP contribution in [0.4, 0.5) is 23.4 Å². The zero-order valence-corrected chi connectivity index (χ0v) is 24.1. The van der Waals surface area contributed by atoms with E-state index in [1.165, 1.54) is 18.6 Å². The summed E-state index contributed by atoms with van der Waals surface area (Å²) in [5.41, 5.74) is 1.86. The van der Waals surface area contributed by atoms with Gasteiger partial charge in [-0.1, -0.05) is 23.7 Å². The number of rotatable bonds is 8. The maximum atomic E-state index is 13.6. The molecule has 4 heterocycles. The van der Waals surface area contributed by atoms with Gasteiger partial charge in [0.05, 0.1) is 21.8 Å². The number of halogens is 5. The third kappa shape index (κ3) is 5.89. The first-order valence-electron chi connectivity index (χ1n) is 13.2. The number of hydrogen-bond donors (Lipinski definition) is 1. The lowest BCUT2D eigenvalue weighted by molar-refractivity contribution is -0.0528. The van der Waals surface area contributed by atoms with Crippen LogP contribution in [0.25, 0.3) is 28.2 Å². The molecule has 0 atom stereocenters. The Balaban J connectivity index is 1.31. The number of ether oxygens (including phenoxy) is 1. The molecule has 0 aliphatic carbocycles. The van der Waals surface area contributed by atoms with E-state index in [1.807, 2.05) is 4.90 Å².